The van der Waals surface area contributed by atoms with Gasteiger partial charge in [-0.25, -0.2) is 0 Å². The molecule has 0 aliphatic carbocycles. The van der Waals surface area contributed by atoms with Crippen LogP contribution < -0.4 is 5.73 Å². The monoisotopic (exact) mass is 183 g/mol. The Bertz CT molecular complexity index is 247. The second-order valence-electron chi connectivity index (χ2n) is 3.04. The maximum absolute atomic E-state index is 5.92. The van der Waals surface area contributed by atoms with Crippen molar-refractivity contribution < 1.29 is 4.74 Å². The topological polar surface area (TPSA) is 53.1 Å². The van der Waals surface area contributed by atoms with Gasteiger partial charge in [0, 0.05) is 38.1 Å². The van der Waals surface area contributed by atoms with Gasteiger partial charge in [-0.15, -0.1) is 0 Å². The summed E-state index contributed by atoms with van der Waals surface area (Å²) in [4.78, 5) is 0. The highest BCUT2D eigenvalue weighted by Crippen LogP contribution is 2.11. The second-order valence-corrected chi connectivity index (χ2v) is 3.04. The molecule has 4 heteroatoms. The van der Waals surface area contributed by atoms with E-state index in [4.69, 9.17) is 10.5 Å². The van der Waals surface area contributed by atoms with Crippen molar-refractivity contribution in [3.63, 3.8) is 0 Å². The lowest BCUT2D eigenvalue weighted by Crippen LogP contribution is -2.12. The van der Waals surface area contributed by atoms with Crippen molar-refractivity contribution in [1.82, 2.24) is 9.78 Å². The minimum absolute atomic E-state index is 0.0419. The maximum Gasteiger partial charge on any atom is 0.0537 e. The van der Waals surface area contributed by atoms with Crippen LogP contribution in [-0.4, -0.2) is 23.0 Å². The van der Waals surface area contributed by atoms with Gasteiger partial charge in [-0.05, 0) is 13.3 Å². The highest BCUT2D eigenvalue weighted by molar-refractivity contribution is 5.08. The first-order chi connectivity index (χ1) is 6.24. The number of aryl methyl sites for hydroxylation is 1. The summed E-state index contributed by atoms with van der Waals surface area (Å²) in [5, 5.41) is 4.06. The number of rotatable bonds is 5. The fourth-order valence-corrected chi connectivity index (χ4v) is 1.15. The van der Waals surface area contributed by atoms with E-state index in [1.54, 1.807) is 10.9 Å². The van der Waals surface area contributed by atoms with E-state index < -0.39 is 0 Å². The summed E-state index contributed by atoms with van der Waals surface area (Å²) in [7, 11) is 1.89. The van der Waals surface area contributed by atoms with Crippen molar-refractivity contribution in [3.8, 4) is 0 Å². The van der Waals surface area contributed by atoms with Crippen molar-refractivity contribution in [2.24, 2.45) is 12.8 Å². The van der Waals surface area contributed by atoms with Crippen molar-refractivity contribution in [2.45, 2.75) is 19.4 Å². The number of nitrogens with zero attached hydrogens (tertiary/aromatic N) is 2. The predicted octanol–water partition coefficient (Wildman–Crippen LogP) is 0.846. The van der Waals surface area contributed by atoms with Crippen molar-refractivity contribution in [1.29, 1.82) is 0 Å². The van der Waals surface area contributed by atoms with Gasteiger partial charge in [-0.2, -0.15) is 5.10 Å². The van der Waals surface area contributed by atoms with Crippen molar-refractivity contribution in [3.05, 3.63) is 18.0 Å². The van der Waals surface area contributed by atoms with Gasteiger partial charge < -0.3 is 10.5 Å². The van der Waals surface area contributed by atoms with Crippen LogP contribution in [0.3, 0.4) is 0 Å². The third kappa shape index (κ3) is 3.16. The van der Waals surface area contributed by atoms with Crippen molar-refractivity contribution >= 4 is 0 Å². The zero-order valence-electron chi connectivity index (χ0n) is 8.23. The first kappa shape index (κ1) is 10.2. The predicted molar refractivity (Wildman–Crippen MR) is 51.2 cm³/mol. The van der Waals surface area contributed by atoms with Crippen LogP contribution in [0.2, 0.25) is 0 Å². The van der Waals surface area contributed by atoms with E-state index >= 15 is 0 Å². The highest BCUT2D eigenvalue weighted by Gasteiger charge is 2.06. The molecule has 74 valence electrons. The third-order valence-electron chi connectivity index (χ3n) is 1.93. The molecular weight excluding hydrogens is 166 g/mol. The summed E-state index contributed by atoms with van der Waals surface area (Å²) >= 11 is 0. The Morgan fingerprint density at radius 1 is 1.69 bits per heavy atom. The van der Waals surface area contributed by atoms with Gasteiger partial charge in [0.2, 0.25) is 0 Å². The molecule has 0 spiro atoms. The molecule has 2 N–H and O–H groups in total. The number of ether oxygens (including phenoxy) is 1. The summed E-state index contributed by atoms with van der Waals surface area (Å²) in [6.07, 6.45) is 4.59. The standard InChI is InChI=1S/C9H17N3O/c1-3-13-5-4-9(10)8-6-11-12(2)7-8/h6-7,9H,3-5,10H2,1-2H3. The molecule has 1 aromatic rings. The Morgan fingerprint density at radius 3 is 3.00 bits per heavy atom. The van der Waals surface area contributed by atoms with E-state index in [0.717, 1.165) is 18.6 Å². The first-order valence-corrected chi connectivity index (χ1v) is 4.56. The molecule has 1 rings (SSSR count). The van der Waals surface area contributed by atoms with Gasteiger partial charge in [0.25, 0.3) is 0 Å². The van der Waals surface area contributed by atoms with Gasteiger partial charge in [0.05, 0.1) is 6.20 Å². The highest BCUT2D eigenvalue weighted by atomic mass is 16.5. The SMILES string of the molecule is CCOCCC(N)c1cnn(C)c1. The quantitative estimate of drug-likeness (QED) is 0.688. The molecule has 13 heavy (non-hydrogen) atoms. The van der Waals surface area contributed by atoms with Crippen LogP contribution in [0.4, 0.5) is 0 Å². The molecule has 0 amide bonds. The largest absolute Gasteiger partial charge is 0.382 e. The molecule has 0 radical (unpaired) electrons. The van der Waals surface area contributed by atoms with E-state index in [1.165, 1.54) is 0 Å². The summed E-state index contributed by atoms with van der Waals surface area (Å²) in [5.74, 6) is 0. The average molecular weight is 183 g/mol. The zero-order valence-corrected chi connectivity index (χ0v) is 8.23. The normalized spacial score (nSPS) is 13.2. The smallest absolute Gasteiger partial charge is 0.0537 e. The van der Waals surface area contributed by atoms with E-state index in [1.807, 2.05) is 20.2 Å². The van der Waals surface area contributed by atoms with E-state index in [-0.39, 0.29) is 6.04 Å². The lowest BCUT2D eigenvalue weighted by atomic mass is 10.1. The molecule has 0 aliphatic rings. The average Bonchev–Trinajstić information content (AvgIpc) is 2.52. The lowest BCUT2D eigenvalue weighted by Gasteiger charge is -2.08. The summed E-state index contributed by atoms with van der Waals surface area (Å²) in [6, 6.07) is 0.0419. The molecule has 1 heterocycles. The van der Waals surface area contributed by atoms with Gasteiger partial charge in [0.15, 0.2) is 0 Å². The van der Waals surface area contributed by atoms with Gasteiger partial charge >= 0.3 is 0 Å². The Labute approximate surface area is 78.7 Å². The Kier molecular flexibility index (Phi) is 3.92. The number of hydrogen-bond acceptors (Lipinski definition) is 3. The van der Waals surface area contributed by atoms with E-state index in [2.05, 4.69) is 5.10 Å². The van der Waals surface area contributed by atoms with Crippen LogP contribution in [-0.2, 0) is 11.8 Å². The molecular formula is C9H17N3O. The van der Waals surface area contributed by atoms with E-state index in [0.29, 0.717) is 6.61 Å². The molecule has 1 aromatic heterocycles. The van der Waals surface area contributed by atoms with Crippen LogP contribution in [0.1, 0.15) is 24.9 Å². The fourth-order valence-electron chi connectivity index (χ4n) is 1.15. The van der Waals surface area contributed by atoms with Crippen LogP contribution in [0, 0.1) is 0 Å². The summed E-state index contributed by atoms with van der Waals surface area (Å²) in [6.45, 7) is 3.45. The molecule has 0 aromatic carbocycles. The molecule has 0 bridgehead atoms. The third-order valence-corrected chi connectivity index (χ3v) is 1.93. The van der Waals surface area contributed by atoms with Crippen LogP contribution >= 0.6 is 0 Å². The Hall–Kier alpha value is -0.870. The maximum atomic E-state index is 5.92. The summed E-state index contributed by atoms with van der Waals surface area (Å²) in [5.41, 5.74) is 6.99. The Balaban J connectivity index is 2.35. The van der Waals surface area contributed by atoms with Gasteiger partial charge in [0.1, 0.15) is 0 Å². The van der Waals surface area contributed by atoms with Crippen LogP contribution in [0.5, 0.6) is 0 Å². The molecule has 4 nitrogen and oxygen atoms in total. The molecule has 0 fully saturated rings. The number of aromatic nitrogens is 2. The van der Waals surface area contributed by atoms with Crippen molar-refractivity contribution in [2.75, 3.05) is 13.2 Å². The molecule has 0 saturated heterocycles. The zero-order chi connectivity index (χ0) is 9.68. The molecule has 1 unspecified atom stereocenters. The van der Waals surface area contributed by atoms with E-state index in [9.17, 15) is 0 Å². The fraction of sp³-hybridized carbons (Fsp3) is 0.667. The Morgan fingerprint density at radius 2 is 2.46 bits per heavy atom. The number of nitrogens with two attached hydrogens (primary N) is 1. The second kappa shape index (κ2) is 4.99. The van der Waals surface area contributed by atoms with Gasteiger partial charge in [-0.3, -0.25) is 4.68 Å². The minimum Gasteiger partial charge on any atom is -0.382 e. The molecule has 1 atom stereocenters. The molecule has 0 aliphatic heterocycles. The van der Waals surface area contributed by atoms with Gasteiger partial charge in [-0.1, -0.05) is 0 Å². The lowest BCUT2D eigenvalue weighted by molar-refractivity contribution is 0.140. The first-order valence-electron chi connectivity index (χ1n) is 4.56. The van der Waals surface area contributed by atoms with Crippen LogP contribution in [0.25, 0.3) is 0 Å². The number of hydrogen-bond donors (Lipinski definition) is 1. The van der Waals surface area contributed by atoms with Crippen LogP contribution in [0.15, 0.2) is 12.4 Å². The molecule has 0 saturated carbocycles. The summed E-state index contributed by atoms with van der Waals surface area (Å²) < 4.78 is 6.99. The minimum atomic E-state index is 0.0419.